The maximum absolute atomic E-state index is 12.1. The number of carbonyl (C=O) groups excluding carboxylic acids is 1. The van der Waals surface area contributed by atoms with E-state index in [1.165, 1.54) is 0 Å². The molecule has 1 fully saturated rings. The molecule has 1 aliphatic carbocycles. The molecule has 0 heterocycles. The molecule has 118 valence electrons. The van der Waals surface area contributed by atoms with E-state index < -0.39 is 5.60 Å². The Morgan fingerprint density at radius 1 is 1.15 bits per heavy atom. The largest absolute Gasteiger partial charge is 0.444 e. The zero-order valence-corrected chi connectivity index (χ0v) is 14.0. The van der Waals surface area contributed by atoms with Crippen molar-refractivity contribution < 1.29 is 9.53 Å². The zero-order chi connectivity index (χ0) is 15.6. The van der Waals surface area contributed by atoms with Gasteiger partial charge in [-0.1, -0.05) is 0 Å². The molecule has 0 spiro atoms. The number of ether oxygens (including phenoxy) is 1. The molecule has 0 aliphatic heterocycles. The van der Waals surface area contributed by atoms with Crippen molar-refractivity contribution in [3.8, 4) is 0 Å². The average Bonchev–Trinajstić information content (AvgIpc) is 2.24. The van der Waals surface area contributed by atoms with Crippen LogP contribution in [0.5, 0.6) is 0 Å². The van der Waals surface area contributed by atoms with Crippen molar-refractivity contribution in [2.75, 3.05) is 7.05 Å². The maximum Gasteiger partial charge on any atom is 0.410 e. The average molecular weight is 284 g/mol. The van der Waals surface area contributed by atoms with Crippen LogP contribution in [0.1, 0.15) is 66.7 Å². The molecule has 0 unspecified atom stereocenters. The number of nitrogens with two attached hydrogens (primary N) is 1. The Hall–Kier alpha value is -0.770. The van der Waals surface area contributed by atoms with Crippen molar-refractivity contribution in [2.24, 2.45) is 11.7 Å². The number of nitrogens with zero attached hydrogens (tertiary/aromatic N) is 1. The summed E-state index contributed by atoms with van der Waals surface area (Å²) in [6.07, 6.45) is 5.26. The molecule has 0 aromatic heterocycles. The second-order valence-corrected chi connectivity index (χ2v) is 7.96. The van der Waals surface area contributed by atoms with Crippen LogP contribution < -0.4 is 5.73 Å². The van der Waals surface area contributed by atoms with Gasteiger partial charge in [0.25, 0.3) is 0 Å². The van der Waals surface area contributed by atoms with Gasteiger partial charge in [0.1, 0.15) is 5.60 Å². The quantitative estimate of drug-likeness (QED) is 0.862. The summed E-state index contributed by atoms with van der Waals surface area (Å²) < 4.78 is 5.43. The molecule has 1 saturated carbocycles. The second-order valence-electron chi connectivity index (χ2n) is 7.96. The first-order valence-corrected chi connectivity index (χ1v) is 7.72. The second kappa shape index (κ2) is 6.33. The van der Waals surface area contributed by atoms with Crippen molar-refractivity contribution in [3.05, 3.63) is 0 Å². The predicted molar refractivity (Wildman–Crippen MR) is 82.6 cm³/mol. The van der Waals surface area contributed by atoms with Gasteiger partial charge in [-0.2, -0.15) is 0 Å². The molecule has 4 nitrogen and oxygen atoms in total. The number of amides is 1. The van der Waals surface area contributed by atoms with Crippen LogP contribution in [0.4, 0.5) is 4.79 Å². The minimum absolute atomic E-state index is 0.0887. The van der Waals surface area contributed by atoms with Gasteiger partial charge in [-0.25, -0.2) is 4.79 Å². The molecule has 4 heteroatoms. The van der Waals surface area contributed by atoms with E-state index in [1.807, 2.05) is 27.8 Å². The number of hydrogen-bond donors (Lipinski definition) is 1. The van der Waals surface area contributed by atoms with Crippen LogP contribution in [-0.2, 0) is 4.74 Å². The Morgan fingerprint density at radius 2 is 1.65 bits per heavy atom. The van der Waals surface area contributed by atoms with E-state index in [2.05, 4.69) is 13.8 Å². The van der Waals surface area contributed by atoms with Crippen molar-refractivity contribution in [1.29, 1.82) is 0 Å². The van der Waals surface area contributed by atoms with Gasteiger partial charge in [-0.3, -0.25) is 0 Å². The smallest absolute Gasteiger partial charge is 0.410 e. The summed E-state index contributed by atoms with van der Waals surface area (Å²) in [7, 11) is 1.85. The normalized spacial score (nSPS) is 24.4. The van der Waals surface area contributed by atoms with Gasteiger partial charge in [-0.15, -0.1) is 0 Å². The molecule has 1 aliphatic rings. The van der Waals surface area contributed by atoms with E-state index in [9.17, 15) is 4.79 Å². The Morgan fingerprint density at radius 3 is 2.05 bits per heavy atom. The molecule has 0 atom stereocenters. The van der Waals surface area contributed by atoms with Crippen LogP contribution in [0.2, 0.25) is 0 Å². The molecule has 0 aromatic rings. The van der Waals surface area contributed by atoms with Crippen LogP contribution >= 0.6 is 0 Å². The summed E-state index contributed by atoms with van der Waals surface area (Å²) in [5.74, 6) is 0.693. The fourth-order valence-electron chi connectivity index (χ4n) is 2.96. The van der Waals surface area contributed by atoms with Crippen molar-refractivity contribution in [3.63, 3.8) is 0 Å². The predicted octanol–water partition coefficient (Wildman–Crippen LogP) is 3.54. The van der Waals surface area contributed by atoms with Crippen molar-refractivity contribution in [2.45, 2.75) is 83.9 Å². The van der Waals surface area contributed by atoms with Gasteiger partial charge >= 0.3 is 6.09 Å². The SMILES string of the molecule is CN(C(=O)OC(C)(C)C)C1CCC(CC(C)(C)N)CC1. The van der Waals surface area contributed by atoms with Crippen LogP contribution in [0.15, 0.2) is 0 Å². The lowest BCUT2D eigenvalue weighted by Crippen LogP contribution is -2.43. The highest BCUT2D eigenvalue weighted by molar-refractivity contribution is 5.68. The Kier molecular flexibility index (Phi) is 5.47. The summed E-state index contributed by atoms with van der Waals surface area (Å²) in [5.41, 5.74) is 5.58. The molecule has 0 bridgehead atoms. The van der Waals surface area contributed by atoms with E-state index in [0.717, 1.165) is 32.1 Å². The Balaban J connectivity index is 2.43. The number of hydrogen-bond acceptors (Lipinski definition) is 3. The third-order valence-electron chi connectivity index (χ3n) is 3.86. The molecule has 0 aromatic carbocycles. The van der Waals surface area contributed by atoms with Gasteiger partial charge in [0, 0.05) is 18.6 Å². The zero-order valence-electron chi connectivity index (χ0n) is 14.0. The van der Waals surface area contributed by atoms with E-state index in [-0.39, 0.29) is 11.6 Å². The molecule has 0 radical (unpaired) electrons. The highest BCUT2D eigenvalue weighted by Crippen LogP contribution is 2.32. The summed E-state index contributed by atoms with van der Waals surface area (Å²) in [4.78, 5) is 13.8. The molecular weight excluding hydrogens is 252 g/mol. The minimum Gasteiger partial charge on any atom is -0.444 e. The summed E-state index contributed by atoms with van der Waals surface area (Å²) in [6.45, 7) is 9.88. The van der Waals surface area contributed by atoms with Crippen molar-refractivity contribution >= 4 is 6.09 Å². The van der Waals surface area contributed by atoms with E-state index >= 15 is 0 Å². The lowest BCUT2D eigenvalue weighted by Gasteiger charge is -2.37. The van der Waals surface area contributed by atoms with E-state index in [0.29, 0.717) is 12.0 Å². The van der Waals surface area contributed by atoms with Gasteiger partial charge in [-0.05, 0) is 72.6 Å². The Labute approximate surface area is 124 Å². The topological polar surface area (TPSA) is 55.6 Å². The first kappa shape index (κ1) is 17.3. The fraction of sp³-hybridized carbons (Fsp3) is 0.938. The Bertz CT molecular complexity index is 320. The molecular formula is C16H32N2O2. The monoisotopic (exact) mass is 284 g/mol. The lowest BCUT2D eigenvalue weighted by molar-refractivity contribution is 0.0167. The maximum atomic E-state index is 12.1. The number of carbonyl (C=O) groups is 1. The summed E-state index contributed by atoms with van der Waals surface area (Å²) >= 11 is 0. The molecule has 2 N–H and O–H groups in total. The van der Waals surface area contributed by atoms with Crippen LogP contribution in [0.3, 0.4) is 0 Å². The molecule has 0 saturated heterocycles. The third-order valence-corrected chi connectivity index (χ3v) is 3.86. The molecule has 1 rings (SSSR count). The van der Waals surface area contributed by atoms with Crippen LogP contribution in [0.25, 0.3) is 0 Å². The van der Waals surface area contributed by atoms with E-state index in [1.54, 1.807) is 4.90 Å². The summed E-state index contributed by atoms with van der Waals surface area (Å²) in [5, 5.41) is 0. The first-order chi connectivity index (χ1) is 8.98. The molecule has 20 heavy (non-hydrogen) atoms. The van der Waals surface area contributed by atoms with Gasteiger partial charge in [0.2, 0.25) is 0 Å². The minimum atomic E-state index is -0.424. The lowest BCUT2D eigenvalue weighted by atomic mass is 9.79. The third kappa shape index (κ3) is 6.12. The highest BCUT2D eigenvalue weighted by atomic mass is 16.6. The number of rotatable bonds is 3. The summed E-state index contributed by atoms with van der Waals surface area (Å²) in [6, 6.07) is 0.307. The van der Waals surface area contributed by atoms with Crippen molar-refractivity contribution in [1.82, 2.24) is 4.90 Å². The van der Waals surface area contributed by atoms with Gasteiger partial charge in [0.05, 0.1) is 0 Å². The van der Waals surface area contributed by atoms with Crippen LogP contribution in [0, 0.1) is 5.92 Å². The van der Waals surface area contributed by atoms with E-state index in [4.69, 9.17) is 10.5 Å². The van der Waals surface area contributed by atoms with Gasteiger partial charge in [0.15, 0.2) is 0 Å². The molecule has 1 amide bonds. The standard InChI is InChI=1S/C16H32N2O2/c1-15(2,3)20-14(19)18(6)13-9-7-12(8-10-13)11-16(4,5)17/h12-13H,7-11,17H2,1-6H3. The first-order valence-electron chi connectivity index (χ1n) is 7.72. The van der Waals surface area contributed by atoms with Gasteiger partial charge < -0.3 is 15.4 Å². The fourth-order valence-corrected chi connectivity index (χ4v) is 2.96. The highest BCUT2D eigenvalue weighted by Gasteiger charge is 2.30. The van der Waals surface area contributed by atoms with Crippen LogP contribution in [-0.4, -0.2) is 35.2 Å².